The maximum atomic E-state index is 11.7. The van der Waals surface area contributed by atoms with E-state index in [0.29, 0.717) is 44.9 Å². The van der Waals surface area contributed by atoms with E-state index < -0.39 is 7.60 Å². The quantitative estimate of drug-likeness (QED) is 0.370. The third-order valence-corrected chi connectivity index (χ3v) is 8.02. The highest BCUT2D eigenvalue weighted by atomic mass is 35.5. The second kappa shape index (κ2) is 8.12. The predicted octanol–water partition coefficient (Wildman–Crippen LogP) is 4.85. The highest BCUT2D eigenvalue weighted by Gasteiger charge is 2.47. The molecular weight excluding hydrogens is 463 g/mol. The normalized spacial score (nSPS) is 19.5. The SMILES string of the molecule is Cc1ccc(Oc2cc3nc(C4=CCC(C5(CO)CC5)C=C4)c(Cl)cc3[nH]2)cc1P(=O)(O)O. The molecule has 0 spiro atoms. The number of allylic oxidation sites excluding steroid dienone is 4. The van der Waals surface area contributed by atoms with Gasteiger partial charge in [-0.1, -0.05) is 35.9 Å². The van der Waals surface area contributed by atoms with Crippen molar-refractivity contribution in [2.45, 2.75) is 26.2 Å². The van der Waals surface area contributed by atoms with Crippen LogP contribution in [0, 0.1) is 18.3 Å². The van der Waals surface area contributed by atoms with E-state index in [0.717, 1.165) is 24.8 Å². The molecule has 0 radical (unpaired) electrons. The van der Waals surface area contributed by atoms with Crippen molar-refractivity contribution in [3.8, 4) is 11.6 Å². The van der Waals surface area contributed by atoms with Gasteiger partial charge in [-0.05, 0) is 61.4 Å². The van der Waals surface area contributed by atoms with E-state index in [1.807, 2.05) is 6.08 Å². The number of nitrogens with one attached hydrogen (secondary N) is 1. The molecule has 0 amide bonds. The van der Waals surface area contributed by atoms with Gasteiger partial charge in [0.1, 0.15) is 5.75 Å². The highest BCUT2D eigenvalue weighted by Crippen LogP contribution is 2.54. The molecule has 1 unspecified atom stereocenters. The number of H-pyrrole nitrogens is 1. The Balaban J connectivity index is 1.40. The molecule has 0 aliphatic heterocycles. The molecule has 33 heavy (non-hydrogen) atoms. The van der Waals surface area contributed by atoms with Crippen LogP contribution < -0.4 is 10.0 Å². The van der Waals surface area contributed by atoms with Gasteiger partial charge in [0, 0.05) is 18.1 Å². The molecule has 2 aliphatic rings. The Bertz CT molecular complexity index is 1350. The Kier molecular flexibility index (Phi) is 5.51. The maximum absolute atomic E-state index is 11.7. The zero-order valence-electron chi connectivity index (χ0n) is 18.0. The minimum atomic E-state index is -4.40. The molecule has 1 atom stereocenters. The molecule has 3 aromatic rings. The van der Waals surface area contributed by atoms with E-state index in [2.05, 4.69) is 17.1 Å². The standard InChI is InChI=1S/C24H24ClN2O5P/c1-14-2-7-17(10-21(14)33(29,30)31)32-22-12-20-19(26-22)11-18(25)23(27-20)15-3-5-16(6-4-15)24(13-28)8-9-24/h2-5,7,10-12,16,26,28H,6,8-9,13H2,1H3,(H2,29,30,31). The minimum Gasteiger partial charge on any atom is -0.441 e. The summed E-state index contributed by atoms with van der Waals surface area (Å²) in [5.74, 6) is 1.03. The molecule has 5 rings (SSSR count). The van der Waals surface area contributed by atoms with Crippen molar-refractivity contribution in [2.75, 3.05) is 6.61 Å². The van der Waals surface area contributed by atoms with Crippen LogP contribution in [-0.4, -0.2) is 31.5 Å². The van der Waals surface area contributed by atoms with Crippen molar-refractivity contribution in [1.29, 1.82) is 0 Å². The predicted molar refractivity (Wildman–Crippen MR) is 128 cm³/mol. The van der Waals surface area contributed by atoms with Gasteiger partial charge >= 0.3 is 7.60 Å². The summed E-state index contributed by atoms with van der Waals surface area (Å²) in [6.45, 7) is 1.86. The van der Waals surface area contributed by atoms with Crippen LogP contribution in [0.15, 0.2) is 48.6 Å². The molecule has 2 aromatic heterocycles. The largest absolute Gasteiger partial charge is 0.441 e. The van der Waals surface area contributed by atoms with Crippen molar-refractivity contribution in [3.05, 3.63) is 64.8 Å². The van der Waals surface area contributed by atoms with Gasteiger partial charge < -0.3 is 24.6 Å². The number of halogens is 1. The Morgan fingerprint density at radius 2 is 2.06 bits per heavy atom. The summed E-state index contributed by atoms with van der Waals surface area (Å²) in [6.07, 6.45) is 9.29. The molecule has 1 saturated carbocycles. The number of aliphatic hydroxyl groups excluding tert-OH is 1. The van der Waals surface area contributed by atoms with E-state index >= 15 is 0 Å². The fourth-order valence-corrected chi connectivity index (χ4v) is 5.50. The number of nitrogens with zero attached hydrogens (tertiary/aromatic N) is 1. The Morgan fingerprint density at radius 3 is 2.70 bits per heavy atom. The number of hydrogen-bond donors (Lipinski definition) is 4. The smallest absolute Gasteiger partial charge is 0.356 e. The van der Waals surface area contributed by atoms with Crippen molar-refractivity contribution in [3.63, 3.8) is 0 Å². The fourth-order valence-electron chi connectivity index (χ4n) is 4.41. The Hall–Kier alpha value is -2.41. The summed E-state index contributed by atoms with van der Waals surface area (Å²) in [7, 11) is -4.40. The van der Waals surface area contributed by atoms with E-state index in [-0.39, 0.29) is 17.3 Å². The molecule has 2 heterocycles. The first-order valence-corrected chi connectivity index (χ1v) is 12.7. The van der Waals surface area contributed by atoms with E-state index in [4.69, 9.17) is 21.3 Å². The monoisotopic (exact) mass is 486 g/mol. The van der Waals surface area contributed by atoms with Crippen LogP contribution in [0.1, 0.15) is 30.5 Å². The third kappa shape index (κ3) is 4.27. The second-order valence-electron chi connectivity index (χ2n) is 8.86. The maximum Gasteiger partial charge on any atom is 0.356 e. The number of aromatic amines is 1. The lowest BCUT2D eigenvalue weighted by Crippen LogP contribution is -2.19. The van der Waals surface area contributed by atoms with Crippen molar-refractivity contribution in [1.82, 2.24) is 9.97 Å². The lowest BCUT2D eigenvalue weighted by atomic mass is 9.82. The number of aromatic nitrogens is 2. The fraction of sp³-hybridized carbons (Fsp3) is 0.292. The average Bonchev–Trinajstić information content (AvgIpc) is 3.48. The number of benzene rings is 1. The number of aryl methyl sites for hydroxylation is 1. The number of ether oxygens (including phenoxy) is 1. The van der Waals surface area contributed by atoms with Crippen LogP contribution in [0.3, 0.4) is 0 Å². The summed E-state index contributed by atoms with van der Waals surface area (Å²) >= 11 is 6.54. The Labute approximate surface area is 195 Å². The number of hydrogen-bond acceptors (Lipinski definition) is 4. The lowest BCUT2D eigenvalue weighted by molar-refractivity contribution is 0.176. The summed E-state index contributed by atoms with van der Waals surface area (Å²) in [5, 5.41) is 10.1. The molecule has 9 heteroatoms. The lowest BCUT2D eigenvalue weighted by Gasteiger charge is -2.24. The molecule has 172 valence electrons. The van der Waals surface area contributed by atoms with Gasteiger partial charge in [0.2, 0.25) is 0 Å². The van der Waals surface area contributed by atoms with E-state index in [9.17, 15) is 19.5 Å². The summed E-state index contributed by atoms with van der Waals surface area (Å²) in [4.78, 5) is 26.9. The molecule has 2 aliphatic carbocycles. The Morgan fingerprint density at radius 1 is 1.27 bits per heavy atom. The highest BCUT2D eigenvalue weighted by molar-refractivity contribution is 7.60. The van der Waals surface area contributed by atoms with Crippen molar-refractivity contribution >= 4 is 41.1 Å². The summed E-state index contributed by atoms with van der Waals surface area (Å²) in [6, 6.07) is 8.13. The second-order valence-corrected chi connectivity index (χ2v) is 10.8. The van der Waals surface area contributed by atoms with Crippen LogP contribution in [0.25, 0.3) is 16.6 Å². The molecule has 1 aromatic carbocycles. The summed E-state index contributed by atoms with van der Waals surface area (Å²) in [5.41, 5.74) is 3.52. The van der Waals surface area contributed by atoms with Gasteiger partial charge in [-0.3, -0.25) is 4.57 Å². The third-order valence-electron chi connectivity index (χ3n) is 6.62. The van der Waals surface area contributed by atoms with Crippen LogP contribution >= 0.6 is 19.2 Å². The van der Waals surface area contributed by atoms with Gasteiger partial charge in [0.15, 0.2) is 5.88 Å². The molecule has 7 nitrogen and oxygen atoms in total. The van der Waals surface area contributed by atoms with Gasteiger partial charge in [0.05, 0.1) is 27.1 Å². The molecule has 0 bridgehead atoms. The van der Waals surface area contributed by atoms with E-state index in [1.165, 1.54) is 6.07 Å². The van der Waals surface area contributed by atoms with Gasteiger partial charge in [-0.2, -0.15) is 0 Å². The van der Waals surface area contributed by atoms with Gasteiger partial charge in [0.25, 0.3) is 0 Å². The number of pyridine rings is 1. The molecule has 0 saturated heterocycles. The van der Waals surface area contributed by atoms with Crippen molar-refractivity contribution in [2.24, 2.45) is 11.3 Å². The molecule has 4 N–H and O–H groups in total. The first kappa shape index (κ1) is 22.4. The number of fused-ring (bicyclic) bond motifs is 1. The first-order valence-electron chi connectivity index (χ1n) is 10.7. The number of aliphatic hydroxyl groups is 1. The van der Waals surface area contributed by atoms with Gasteiger partial charge in [-0.25, -0.2) is 4.98 Å². The van der Waals surface area contributed by atoms with Crippen LogP contribution in [0.4, 0.5) is 0 Å². The zero-order chi connectivity index (χ0) is 23.4. The van der Waals surface area contributed by atoms with Crippen LogP contribution in [-0.2, 0) is 4.57 Å². The van der Waals surface area contributed by atoms with Crippen LogP contribution in [0.5, 0.6) is 11.6 Å². The average molecular weight is 487 g/mol. The molecular formula is C24H24ClN2O5P. The minimum absolute atomic E-state index is 0.0439. The topological polar surface area (TPSA) is 116 Å². The van der Waals surface area contributed by atoms with E-state index in [1.54, 1.807) is 31.2 Å². The van der Waals surface area contributed by atoms with Gasteiger partial charge in [-0.15, -0.1) is 0 Å². The first-order chi connectivity index (χ1) is 15.7. The summed E-state index contributed by atoms with van der Waals surface area (Å²) < 4.78 is 17.5. The van der Waals surface area contributed by atoms with Crippen LogP contribution in [0.2, 0.25) is 5.02 Å². The number of rotatable bonds is 6. The molecule has 1 fully saturated rings. The van der Waals surface area contributed by atoms with Crippen molar-refractivity contribution < 1.29 is 24.2 Å². The zero-order valence-corrected chi connectivity index (χ0v) is 19.6.